The van der Waals surface area contributed by atoms with Crippen molar-refractivity contribution >= 4 is 39.2 Å². The van der Waals surface area contributed by atoms with Crippen molar-refractivity contribution in [3.8, 4) is 5.75 Å². The number of rotatable bonds is 8. The zero-order valence-electron chi connectivity index (χ0n) is 11.8. The van der Waals surface area contributed by atoms with Gasteiger partial charge in [0.2, 0.25) is 10.0 Å². The van der Waals surface area contributed by atoms with Gasteiger partial charge in [-0.25, -0.2) is 8.42 Å². The Kier molecular flexibility index (Phi) is 6.89. The number of carboxylic acids is 1. The van der Waals surface area contributed by atoms with Crippen LogP contribution < -0.4 is 9.46 Å². The van der Waals surface area contributed by atoms with Crippen LogP contribution in [0.25, 0.3) is 0 Å². The number of hydrogen-bond donors (Lipinski definition) is 2. The highest BCUT2D eigenvalue weighted by molar-refractivity contribution is 7.89. The highest BCUT2D eigenvalue weighted by atomic mass is 35.5. The molecule has 0 saturated carbocycles. The molecule has 1 aromatic carbocycles. The van der Waals surface area contributed by atoms with Crippen LogP contribution in [0.1, 0.15) is 6.92 Å². The van der Waals surface area contributed by atoms with E-state index in [4.69, 9.17) is 37.8 Å². The average Bonchev–Trinajstić information content (AvgIpc) is 2.41. The highest BCUT2D eigenvalue weighted by Gasteiger charge is 2.23. The molecule has 22 heavy (non-hydrogen) atoms. The number of methoxy groups -OCH3 is 1. The second-order valence-electron chi connectivity index (χ2n) is 4.24. The fourth-order valence-corrected chi connectivity index (χ4v) is 3.38. The predicted octanol–water partition coefficient (Wildman–Crippen LogP) is 1.77. The Morgan fingerprint density at radius 2 is 1.86 bits per heavy atom. The van der Waals surface area contributed by atoms with Crippen LogP contribution in [0.4, 0.5) is 0 Å². The monoisotopic (exact) mass is 371 g/mol. The first-order valence-corrected chi connectivity index (χ1v) is 8.29. The minimum atomic E-state index is -4.07. The first kappa shape index (κ1) is 19.0. The number of carboxylic acid groups (broad SMARTS) is 1. The van der Waals surface area contributed by atoms with Crippen LogP contribution in [-0.2, 0) is 19.6 Å². The number of halogens is 2. The number of benzene rings is 1. The van der Waals surface area contributed by atoms with Gasteiger partial charge >= 0.3 is 5.97 Å². The zero-order valence-corrected chi connectivity index (χ0v) is 14.1. The van der Waals surface area contributed by atoms with E-state index in [9.17, 15) is 13.2 Å². The van der Waals surface area contributed by atoms with Gasteiger partial charge in [-0.1, -0.05) is 23.2 Å². The van der Waals surface area contributed by atoms with E-state index in [-0.39, 0.29) is 27.3 Å². The molecule has 124 valence electrons. The summed E-state index contributed by atoms with van der Waals surface area (Å²) < 4.78 is 36.2. The van der Waals surface area contributed by atoms with Crippen LogP contribution in [0.5, 0.6) is 5.75 Å². The molecule has 0 fully saturated rings. The van der Waals surface area contributed by atoms with Crippen molar-refractivity contribution in [1.29, 1.82) is 0 Å². The van der Waals surface area contributed by atoms with Gasteiger partial charge in [-0.15, -0.1) is 0 Å². The second kappa shape index (κ2) is 7.98. The van der Waals surface area contributed by atoms with Crippen LogP contribution in [0.15, 0.2) is 17.0 Å². The van der Waals surface area contributed by atoms with Crippen molar-refractivity contribution in [2.45, 2.75) is 17.9 Å². The molecule has 2 N–H and O–H groups in total. The fraction of sp³-hybridized carbons (Fsp3) is 0.417. The molecule has 1 atom stereocenters. The van der Waals surface area contributed by atoms with Gasteiger partial charge in [0.15, 0.2) is 5.75 Å². The second-order valence-corrected chi connectivity index (χ2v) is 6.77. The normalized spacial score (nSPS) is 12.9. The molecule has 10 heteroatoms. The van der Waals surface area contributed by atoms with Crippen LogP contribution in [0.3, 0.4) is 0 Å². The summed E-state index contributed by atoms with van der Waals surface area (Å²) in [4.78, 5) is 10.5. The van der Waals surface area contributed by atoms with E-state index < -0.39 is 22.0 Å². The van der Waals surface area contributed by atoms with Crippen LogP contribution in [0, 0.1) is 0 Å². The maximum absolute atomic E-state index is 12.1. The third kappa shape index (κ3) is 4.99. The summed E-state index contributed by atoms with van der Waals surface area (Å²) in [5.41, 5.74) is 0. The lowest BCUT2D eigenvalue weighted by molar-refractivity contribution is -0.138. The molecule has 0 aliphatic carbocycles. The van der Waals surface area contributed by atoms with Gasteiger partial charge in [0, 0.05) is 7.11 Å². The molecule has 0 spiro atoms. The molecule has 7 nitrogen and oxygen atoms in total. The molecular formula is C12H15Cl2NO6S. The maximum atomic E-state index is 12.1. The van der Waals surface area contributed by atoms with Gasteiger partial charge in [0.1, 0.15) is 12.6 Å². The topological polar surface area (TPSA) is 102 Å². The Bertz CT molecular complexity index is 626. The summed E-state index contributed by atoms with van der Waals surface area (Å²) in [7, 11) is -2.57. The van der Waals surface area contributed by atoms with E-state index in [1.54, 1.807) is 0 Å². The molecule has 0 aliphatic rings. The molecule has 0 aliphatic heterocycles. The highest BCUT2D eigenvalue weighted by Crippen LogP contribution is 2.35. The summed E-state index contributed by atoms with van der Waals surface area (Å²) in [6.45, 7) is 1.70. The number of nitrogens with one attached hydrogen (secondary N) is 1. The SMILES string of the molecule is COCCOc1c(Cl)cc(S(=O)(=O)N[C@@H](C)C(=O)O)cc1Cl. The van der Waals surface area contributed by atoms with E-state index in [1.807, 2.05) is 4.72 Å². The van der Waals surface area contributed by atoms with E-state index in [2.05, 4.69) is 0 Å². The summed E-state index contributed by atoms with van der Waals surface area (Å²) in [5, 5.41) is 8.74. The minimum absolute atomic E-state index is 0.00745. The molecule has 0 unspecified atom stereocenters. The molecule has 0 bridgehead atoms. The summed E-state index contributed by atoms with van der Waals surface area (Å²) >= 11 is 11.9. The summed E-state index contributed by atoms with van der Waals surface area (Å²) in [5.74, 6) is -1.18. The molecule has 1 rings (SSSR count). The van der Waals surface area contributed by atoms with Gasteiger partial charge in [0.25, 0.3) is 0 Å². The first-order chi connectivity index (χ1) is 10.2. The average molecular weight is 372 g/mol. The first-order valence-electron chi connectivity index (χ1n) is 6.05. The van der Waals surface area contributed by atoms with Crippen LogP contribution >= 0.6 is 23.2 Å². The van der Waals surface area contributed by atoms with E-state index >= 15 is 0 Å². The van der Waals surface area contributed by atoms with E-state index in [1.165, 1.54) is 14.0 Å². The van der Waals surface area contributed by atoms with Crippen molar-refractivity contribution in [3.05, 3.63) is 22.2 Å². The minimum Gasteiger partial charge on any atom is -0.488 e. The smallest absolute Gasteiger partial charge is 0.321 e. The van der Waals surface area contributed by atoms with Gasteiger partial charge < -0.3 is 14.6 Å². The van der Waals surface area contributed by atoms with Gasteiger partial charge in [-0.05, 0) is 19.1 Å². The largest absolute Gasteiger partial charge is 0.488 e. The molecule has 0 radical (unpaired) electrons. The number of sulfonamides is 1. The van der Waals surface area contributed by atoms with Crippen LogP contribution in [-0.4, -0.2) is 45.9 Å². The molecule has 0 aromatic heterocycles. The molecule has 0 amide bonds. The number of carbonyl (C=O) groups is 1. The van der Waals surface area contributed by atoms with Crippen molar-refractivity contribution in [1.82, 2.24) is 4.72 Å². The number of hydrogen-bond acceptors (Lipinski definition) is 5. The van der Waals surface area contributed by atoms with Gasteiger partial charge in [0.05, 0.1) is 21.5 Å². The summed E-state index contributed by atoms with van der Waals surface area (Å²) in [6, 6.07) is 0.971. The predicted molar refractivity (Wildman–Crippen MR) is 81.3 cm³/mol. The number of ether oxygens (including phenoxy) is 2. The molecular weight excluding hydrogens is 357 g/mol. The van der Waals surface area contributed by atoms with Crippen molar-refractivity contribution < 1.29 is 27.8 Å². The quantitative estimate of drug-likeness (QED) is 0.675. The zero-order chi connectivity index (χ0) is 16.9. The summed E-state index contributed by atoms with van der Waals surface area (Å²) in [6.07, 6.45) is 0. The fourth-order valence-electron chi connectivity index (χ4n) is 1.41. The Balaban J connectivity index is 3.05. The third-order valence-corrected chi connectivity index (χ3v) is 4.60. The number of aliphatic carboxylic acids is 1. The Morgan fingerprint density at radius 1 is 1.32 bits per heavy atom. The van der Waals surface area contributed by atoms with E-state index in [0.717, 1.165) is 12.1 Å². The lowest BCUT2D eigenvalue weighted by Crippen LogP contribution is -2.38. The lowest BCUT2D eigenvalue weighted by Gasteiger charge is -2.13. The standard InChI is InChI=1S/C12H15Cl2NO6S/c1-7(12(16)17)15-22(18,19)8-5-9(13)11(10(14)6-8)21-4-3-20-2/h5-7,15H,3-4H2,1-2H3,(H,16,17)/t7-/m0/s1. The van der Waals surface area contributed by atoms with Crippen molar-refractivity contribution in [2.24, 2.45) is 0 Å². The Hall–Kier alpha value is -1.06. The molecule has 0 heterocycles. The van der Waals surface area contributed by atoms with Gasteiger partial charge in [-0.3, -0.25) is 4.79 Å². The van der Waals surface area contributed by atoms with Crippen molar-refractivity contribution in [2.75, 3.05) is 20.3 Å². The Labute approximate surface area is 138 Å². The third-order valence-electron chi connectivity index (χ3n) is 2.52. The van der Waals surface area contributed by atoms with E-state index in [0.29, 0.717) is 6.61 Å². The molecule has 0 saturated heterocycles. The molecule has 1 aromatic rings. The van der Waals surface area contributed by atoms with Crippen LogP contribution in [0.2, 0.25) is 10.0 Å². The lowest BCUT2D eigenvalue weighted by atomic mass is 10.3. The van der Waals surface area contributed by atoms with Crippen molar-refractivity contribution in [3.63, 3.8) is 0 Å². The Morgan fingerprint density at radius 3 is 2.32 bits per heavy atom. The van der Waals surface area contributed by atoms with Gasteiger partial charge in [-0.2, -0.15) is 4.72 Å². The maximum Gasteiger partial charge on any atom is 0.321 e.